The second-order valence-corrected chi connectivity index (χ2v) is 12.1. The Morgan fingerprint density at radius 2 is 1.90 bits per heavy atom. The van der Waals surface area contributed by atoms with Crippen molar-refractivity contribution in [3.63, 3.8) is 0 Å². The molecule has 3 fully saturated rings. The van der Waals surface area contributed by atoms with Gasteiger partial charge in [-0.3, -0.25) is 19.4 Å². The van der Waals surface area contributed by atoms with E-state index >= 15 is 4.39 Å². The molecule has 3 aliphatic heterocycles. The number of carbonyl (C=O) groups is 2. The maximum Gasteiger partial charge on any atom is 0.320 e. The van der Waals surface area contributed by atoms with Gasteiger partial charge in [0.25, 0.3) is 0 Å². The van der Waals surface area contributed by atoms with Gasteiger partial charge < -0.3 is 14.7 Å². The first-order valence-corrected chi connectivity index (χ1v) is 14.6. The first-order valence-electron chi connectivity index (χ1n) is 14.2. The standard InChI is InChI=1S/C30H38ClF2N3O4/c1-18-11-20(26(32)12-18)13-28(30(38)39)34-7-8-36(19(2)15-34)29(37)25-17-35(22-5-9-40-10-6-22)16-24(25)23-4-3-21(31)14-27(23)33/h3-4,11-12,14,19-20,22,24-25,28H,5-10,13,15-17H2,1-2H3,(H,38,39)/t19-,20?,24-,25+,28-/m0/s1. The van der Waals surface area contributed by atoms with Crippen LogP contribution in [0.1, 0.15) is 44.6 Å². The van der Waals surface area contributed by atoms with Gasteiger partial charge in [-0.15, -0.1) is 0 Å². The van der Waals surface area contributed by atoms with Crippen LogP contribution in [0.2, 0.25) is 5.02 Å². The zero-order valence-electron chi connectivity index (χ0n) is 23.1. The highest BCUT2D eigenvalue weighted by molar-refractivity contribution is 6.30. The fraction of sp³-hybridized carbons (Fsp3) is 0.600. The minimum Gasteiger partial charge on any atom is -0.480 e. The molecule has 0 radical (unpaired) electrons. The van der Waals surface area contributed by atoms with Crippen LogP contribution >= 0.6 is 11.6 Å². The predicted octanol–water partition coefficient (Wildman–Crippen LogP) is 4.48. The van der Waals surface area contributed by atoms with Crippen molar-refractivity contribution in [3.8, 4) is 0 Å². The van der Waals surface area contributed by atoms with Crippen LogP contribution in [0.3, 0.4) is 0 Å². The summed E-state index contributed by atoms with van der Waals surface area (Å²) in [4.78, 5) is 32.3. The molecule has 7 nitrogen and oxygen atoms in total. The molecule has 1 unspecified atom stereocenters. The summed E-state index contributed by atoms with van der Waals surface area (Å²) in [5, 5.41) is 10.3. The molecule has 0 bridgehead atoms. The van der Waals surface area contributed by atoms with Crippen LogP contribution in [-0.2, 0) is 14.3 Å². The normalized spacial score (nSPS) is 29.4. The van der Waals surface area contributed by atoms with Crippen molar-refractivity contribution < 1.29 is 28.2 Å². The van der Waals surface area contributed by atoms with Crippen LogP contribution in [0.4, 0.5) is 8.78 Å². The number of amides is 1. The number of allylic oxidation sites excluding steroid dienone is 4. The maximum absolute atomic E-state index is 15.1. The third kappa shape index (κ3) is 6.12. The van der Waals surface area contributed by atoms with Gasteiger partial charge in [0.05, 0.1) is 5.92 Å². The number of carbonyl (C=O) groups excluding carboxylic acids is 1. The third-order valence-electron chi connectivity index (χ3n) is 9.06. The van der Waals surface area contributed by atoms with Gasteiger partial charge in [-0.25, -0.2) is 8.78 Å². The van der Waals surface area contributed by atoms with Crippen molar-refractivity contribution in [2.45, 2.75) is 57.2 Å². The van der Waals surface area contributed by atoms with Crippen LogP contribution < -0.4 is 0 Å². The Morgan fingerprint density at radius 1 is 1.15 bits per heavy atom. The Labute approximate surface area is 239 Å². The van der Waals surface area contributed by atoms with E-state index in [1.165, 1.54) is 12.1 Å². The zero-order valence-corrected chi connectivity index (χ0v) is 23.8. The molecule has 5 rings (SSSR count). The topological polar surface area (TPSA) is 73.3 Å². The summed E-state index contributed by atoms with van der Waals surface area (Å²) in [6, 6.07) is 3.88. The van der Waals surface area contributed by atoms with E-state index in [2.05, 4.69) is 4.90 Å². The smallest absolute Gasteiger partial charge is 0.320 e. The molecule has 0 spiro atoms. The molecule has 5 atom stereocenters. The summed E-state index contributed by atoms with van der Waals surface area (Å²) in [6.45, 7) is 7.33. The van der Waals surface area contributed by atoms with Gasteiger partial charge in [0, 0.05) is 74.9 Å². The molecule has 3 saturated heterocycles. The number of nitrogens with zero attached hydrogens (tertiary/aromatic N) is 3. The van der Waals surface area contributed by atoms with Gasteiger partial charge in [-0.1, -0.05) is 29.3 Å². The molecule has 1 amide bonds. The average molecular weight is 578 g/mol. The molecule has 1 aliphatic carbocycles. The molecule has 1 aromatic carbocycles. The molecule has 0 aromatic heterocycles. The number of aliphatic carboxylic acids is 1. The number of likely N-dealkylation sites (tertiary alicyclic amines) is 1. The van der Waals surface area contributed by atoms with Gasteiger partial charge >= 0.3 is 5.97 Å². The SMILES string of the molecule is CC1=CC(C[C@@H](C(=O)O)N2CCN(C(=O)[C@@H]3CN(C4CCOCC4)C[C@H]3c3ccc(Cl)cc3F)[C@@H](C)C2)C(F)=C1. The molecular weight excluding hydrogens is 540 g/mol. The molecule has 1 N–H and O–H groups in total. The van der Waals surface area contributed by atoms with Gasteiger partial charge in [-0.2, -0.15) is 0 Å². The fourth-order valence-corrected chi connectivity index (χ4v) is 7.12. The first-order chi connectivity index (χ1) is 19.1. The third-order valence-corrected chi connectivity index (χ3v) is 9.30. The number of rotatable bonds is 7. The van der Waals surface area contributed by atoms with Crippen LogP contribution in [-0.4, -0.2) is 95.7 Å². The molecule has 3 heterocycles. The lowest BCUT2D eigenvalue weighted by Crippen LogP contribution is -2.59. The lowest BCUT2D eigenvalue weighted by atomic mass is 9.87. The highest BCUT2D eigenvalue weighted by Gasteiger charge is 2.45. The van der Waals surface area contributed by atoms with Crippen molar-refractivity contribution >= 4 is 23.5 Å². The number of carboxylic acids is 1. The molecule has 1 aromatic rings. The van der Waals surface area contributed by atoms with Gasteiger partial charge in [-0.05, 0) is 56.9 Å². The van der Waals surface area contributed by atoms with E-state index in [1.807, 2.05) is 16.7 Å². The number of carboxylic acid groups (broad SMARTS) is 1. The molecule has 218 valence electrons. The monoisotopic (exact) mass is 577 g/mol. The zero-order chi connectivity index (χ0) is 28.6. The van der Waals surface area contributed by atoms with E-state index < -0.39 is 29.7 Å². The molecular formula is C30H38ClF2N3O4. The van der Waals surface area contributed by atoms with Crippen molar-refractivity contribution in [3.05, 3.63) is 58.2 Å². The van der Waals surface area contributed by atoms with Crippen molar-refractivity contribution in [1.82, 2.24) is 14.7 Å². The lowest BCUT2D eigenvalue weighted by molar-refractivity contribution is -0.147. The second kappa shape index (κ2) is 12.3. The molecule has 10 heteroatoms. The van der Waals surface area contributed by atoms with Crippen molar-refractivity contribution in [1.29, 1.82) is 0 Å². The minimum atomic E-state index is -0.987. The predicted molar refractivity (Wildman–Crippen MR) is 148 cm³/mol. The largest absolute Gasteiger partial charge is 0.480 e. The number of hydrogen-bond acceptors (Lipinski definition) is 5. The quantitative estimate of drug-likeness (QED) is 0.515. The summed E-state index contributed by atoms with van der Waals surface area (Å²) in [5.74, 6) is -2.99. The minimum absolute atomic E-state index is 0.0312. The summed E-state index contributed by atoms with van der Waals surface area (Å²) < 4.78 is 35.0. The van der Waals surface area contributed by atoms with E-state index in [0.717, 1.165) is 18.4 Å². The Hall–Kier alpha value is -2.33. The van der Waals surface area contributed by atoms with E-state index in [0.29, 0.717) is 56.5 Å². The number of benzene rings is 1. The van der Waals surface area contributed by atoms with E-state index in [9.17, 15) is 19.1 Å². The number of hydrogen-bond donors (Lipinski definition) is 1. The molecule has 0 saturated carbocycles. The van der Waals surface area contributed by atoms with Crippen LogP contribution in [0.15, 0.2) is 41.8 Å². The molecule has 4 aliphatic rings. The number of ether oxygens (including phenoxy) is 1. The van der Waals surface area contributed by atoms with E-state index in [4.69, 9.17) is 16.3 Å². The Kier molecular flexibility index (Phi) is 8.95. The number of piperazine rings is 1. The lowest BCUT2D eigenvalue weighted by Gasteiger charge is -2.43. The average Bonchev–Trinajstić information content (AvgIpc) is 3.49. The summed E-state index contributed by atoms with van der Waals surface area (Å²) in [5.41, 5.74) is 1.30. The summed E-state index contributed by atoms with van der Waals surface area (Å²) in [6.07, 6.45) is 5.14. The van der Waals surface area contributed by atoms with Crippen LogP contribution in [0.5, 0.6) is 0 Å². The molecule has 40 heavy (non-hydrogen) atoms. The maximum atomic E-state index is 15.1. The Balaban J connectivity index is 1.31. The Bertz CT molecular complexity index is 1190. The van der Waals surface area contributed by atoms with Crippen LogP contribution in [0.25, 0.3) is 0 Å². The summed E-state index contributed by atoms with van der Waals surface area (Å²) >= 11 is 6.03. The Morgan fingerprint density at radius 3 is 2.52 bits per heavy atom. The number of halogens is 3. The van der Waals surface area contributed by atoms with Crippen molar-refractivity contribution in [2.24, 2.45) is 11.8 Å². The van der Waals surface area contributed by atoms with Crippen molar-refractivity contribution in [2.75, 3.05) is 45.9 Å². The fourth-order valence-electron chi connectivity index (χ4n) is 6.96. The van der Waals surface area contributed by atoms with E-state index in [-0.39, 0.29) is 36.2 Å². The van der Waals surface area contributed by atoms with Gasteiger partial charge in [0.15, 0.2) is 0 Å². The van der Waals surface area contributed by atoms with Gasteiger partial charge in [0.1, 0.15) is 17.7 Å². The highest BCUT2D eigenvalue weighted by Crippen LogP contribution is 2.39. The second-order valence-electron chi connectivity index (χ2n) is 11.7. The van der Waals surface area contributed by atoms with Gasteiger partial charge in [0.2, 0.25) is 5.91 Å². The van der Waals surface area contributed by atoms with Crippen LogP contribution in [0, 0.1) is 17.7 Å². The van der Waals surface area contributed by atoms with E-state index in [1.54, 1.807) is 25.1 Å². The first kappa shape index (κ1) is 29.2. The highest BCUT2D eigenvalue weighted by atomic mass is 35.5. The summed E-state index contributed by atoms with van der Waals surface area (Å²) in [7, 11) is 0.